The molecule has 6 heteroatoms. The third-order valence-corrected chi connectivity index (χ3v) is 5.33. The second-order valence-corrected chi connectivity index (χ2v) is 6.54. The quantitative estimate of drug-likeness (QED) is 0.668. The Hall–Kier alpha value is -0.380. The zero-order chi connectivity index (χ0) is 17.3. The van der Waals surface area contributed by atoms with Crippen molar-refractivity contribution >= 4 is 19.3 Å². The highest BCUT2D eigenvalue weighted by molar-refractivity contribution is 7.54. The van der Waals surface area contributed by atoms with Crippen LogP contribution >= 0.6 is 19.3 Å². The fourth-order valence-corrected chi connectivity index (χ4v) is 4.06. The number of hydrogen-bond acceptors (Lipinski definition) is 2. The van der Waals surface area contributed by atoms with E-state index in [4.69, 9.17) is 21.6 Å². The standard InChI is InChI=1S/C13H20ClN2O2P/c1-12(13-6-3-2-4-7-13)16-10-5-11-18-19(16,17)15-9-8-14/h2-4,6-7,12H,5,8-11H2,1H3,(H,15,17)/t12-,19-/m0/s1/i8D2,11D2. The van der Waals surface area contributed by atoms with Gasteiger partial charge < -0.3 is 4.52 Å². The van der Waals surface area contributed by atoms with Gasteiger partial charge in [-0.25, -0.2) is 9.76 Å². The fraction of sp³-hybridized carbons (Fsp3) is 0.538. The molecule has 1 aliphatic rings. The van der Waals surface area contributed by atoms with E-state index in [2.05, 4.69) is 5.09 Å². The smallest absolute Gasteiger partial charge is 0.306 e. The molecule has 1 heterocycles. The number of nitrogens with zero attached hydrogens (tertiary/aromatic N) is 1. The van der Waals surface area contributed by atoms with Crippen LogP contribution in [0.4, 0.5) is 0 Å². The number of hydrogen-bond donors (Lipinski definition) is 1. The maximum atomic E-state index is 13.2. The van der Waals surface area contributed by atoms with Crippen LogP contribution in [0.25, 0.3) is 0 Å². The van der Waals surface area contributed by atoms with E-state index in [1.165, 1.54) is 0 Å². The third-order valence-electron chi connectivity index (χ3n) is 3.04. The van der Waals surface area contributed by atoms with Gasteiger partial charge in [-0.1, -0.05) is 30.3 Å². The van der Waals surface area contributed by atoms with E-state index in [9.17, 15) is 4.57 Å². The van der Waals surface area contributed by atoms with Crippen molar-refractivity contribution in [3.05, 3.63) is 35.9 Å². The normalized spacial score (nSPS) is 32.7. The van der Waals surface area contributed by atoms with E-state index in [0.717, 1.165) is 5.56 Å². The Morgan fingerprint density at radius 2 is 2.37 bits per heavy atom. The van der Waals surface area contributed by atoms with Crippen LogP contribution in [0.5, 0.6) is 0 Å². The highest BCUT2D eigenvalue weighted by Gasteiger charge is 2.37. The lowest BCUT2D eigenvalue weighted by Gasteiger charge is -2.38. The molecule has 1 aromatic rings. The van der Waals surface area contributed by atoms with Crippen molar-refractivity contribution in [2.45, 2.75) is 19.4 Å². The molecule has 1 fully saturated rings. The number of nitrogens with one attached hydrogen (secondary N) is 1. The minimum absolute atomic E-state index is 0.0730. The van der Waals surface area contributed by atoms with E-state index in [1.54, 1.807) is 4.67 Å². The van der Waals surface area contributed by atoms with E-state index >= 15 is 0 Å². The average Bonchev–Trinajstić information content (AvgIpc) is 2.44. The molecule has 0 unspecified atom stereocenters. The Balaban J connectivity index is 2.26. The van der Waals surface area contributed by atoms with Crippen LogP contribution in [-0.4, -0.2) is 30.2 Å². The molecular formula is C13H20ClN2O2P. The van der Waals surface area contributed by atoms with Crippen LogP contribution in [0.15, 0.2) is 30.3 Å². The van der Waals surface area contributed by atoms with E-state index in [1.807, 2.05) is 37.3 Å². The van der Waals surface area contributed by atoms with Gasteiger partial charge in [0.1, 0.15) is 0 Å². The summed E-state index contributed by atoms with van der Waals surface area (Å²) in [4.78, 5) is 0. The number of halogens is 1. The lowest BCUT2D eigenvalue weighted by molar-refractivity contribution is 0.176. The van der Waals surface area contributed by atoms with Crippen LogP contribution < -0.4 is 5.09 Å². The molecular weight excluding hydrogens is 283 g/mol. The molecule has 2 rings (SSSR count). The molecule has 106 valence electrons. The molecule has 0 bridgehead atoms. The first-order valence-electron chi connectivity index (χ1n) is 8.09. The summed E-state index contributed by atoms with van der Waals surface area (Å²) in [6, 6.07) is 9.10. The Morgan fingerprint density at radius 3 is 3.05 bits per heavy atom. The van der Waals surface area contributed by atoms with Crippen molar-refractivity contribution in [1.29, 1.82) is 0 Å². The van der Waals surface area contributed by atoms with E-state index in [-0.39, 0.29) is 19.0 Å². The molecule has 0 aromatic heterocycles. The Morgan fingerprint density at radius 1 is 1.63 bits per heavy atom. The van der Waals surface area contributed by atoms with Crippen LogP contribution in [0, 0.1) is 0 Å². The molecule has 0 aliphatic carbocycles. The Labute approximate surface area is 125 Å². The van der Waals surface area contributed by atoms with Crippen molar-refractivity contribution in [3.63, 3.8) is 0 Å². The van der Waals surface area contributed by atoms with Gasteiger partial charge in [-0.05, 0) is 18.9 Å². The summed E-state index contributed by atoms with van der Waals surface area (Å²) in [5.41, 5.74) is 0.912. The monoisotopic (exact) mass is 306 g/mol. The van der Waals surface area contributed by atoms with Gasteiger partial charge >= 0.3 is 7.67 Å². The fourth-order valence-electron chi connectivity index (χ4n) is 2.06. The molecule has 0 saturated carbocycles. The second kappa shape index (κ2) is 6.87. The average molecular weight is 307 g/mol. The highest BCUT2D eigenvalue weighted by atomic mass is 35.5. The molecule has 2 atom stereocenters. The third kappa shape index (κ3) is 3.59. The van der Waals surface area contributed by atoms with E-state index in [0.29, 0.717) is 0 Å². The zero-order valence-corrected chi connectivity index (χ0v) is 12.3. The molecule has 0 amide bonds. The topological polar surface area (TPSA) is 41.6 Å². The van der Waals surface area contributed by atoms with Gasteiger partial charge in [0.05, 0.1) is 9.30 Å². The predicted octanol–water partition coefficient (Wildman–Crippen LogP) is 3.41. The van der Waals surface area contributed by atoms with Gasteiger partial charge in [-0.15, -0.1) is 11.6 Å². The first kappa shape index (κ1) is 10.4. The first-order valence-corrected chi connectivity index (χ1v) is 8.05. The Bertz CT molecular complexity index is 585. The molecule has 19 heavy (non-hydrogen) atoms. The van der Waals surface area contributed by atoms with Gasteiger partial charge in [0.25, 0.3) is 0 Å². The summed E-state index contributed by atoms with van der Waals surface area (Å²) in [6.45, 7) is -0.379. The van der Waals surface area contributed by atoms with E-state index < -0.39 is 26.6 Å². The molecule has 1 aliphatic heterocycles. The van der Waals surface area contributed by atoms with Gasteiger partial charge in [-0.2, -0.15) is 0 Å². The van der Waals surface area contributed by atoms with Crippen molar-refractivity contribution < 1.29 is 14.6 Å². The van der Waals surface area contributed by atoms with Crippen LogP contribution in [0.2, 0.25) is 0 Å². The number of alkyl halides is 1. The maximum absolute atomic E-state index is 13.2. The Kier molecular flexibility index (Phi) is 3.75. The lowest BCUT2D eigenvalue weighted by atomic mass is 10.1. The number of benzene rings is 1. The molecule has 1 aromatic carbocycles. The SMILES string of the molecule is [2H]C([2H])(Cl)CN[P@]1(=O)OC([2H])([2H])CCN1[C@@H](C)c1ccccc1. The molecule has 1 saturated heterocycles. The first-order chi connectivity index (χ1) is 10.5. The molecule has 1 N–H and O–H groups in total. The van der Waals surface area contributed by atoms with Crippen molar-refractivity contribution in [1.82, 2.24) is 9.76 Å². The molecule has 0 radical (unpaired) electrons. The highest BCUT2D eigenvalue weighted by Crippen LogP contribution is 2.53. The van der Waals surface area contributed by atoms with Crippen molar-refractivity contribution in [2.75, 3.05) is 25.5 Å². The molecule has 0 spiro atoms. The lowest BCUT2D eigenvalue weighted by Crippen LogP contribution is -2.37. The van der Waals surface area contributed by atoms with Gasteiger partial charge in [0.15, 0.2) is 0 Å². The minimum atomic E-state index is -3.78. The summed E-state index contributed by atoms with van der Waals surface area (Å²) in [5, 5.41) is 2.51. The summed E-state index contributed by atoms with van der Waals surface area (Å²) >= 11 is 5.51. The largest absolute Gasteiger partial charge is 0.343 e. The zero-order valence-electron chi connectivity index (χ0n) is 14.7. The summed E-state index contributed by atoms with van der Waals surface area (Å²) < 4.78 is 50.1. The second-order valence-electron chi connectivity index (χ2n) is 4.22. The maximum Gasteiger partial charge on any atom is 0.343 e. The predicted molar refractivity (Wildman–Crippen MR) is 78.5 cm³/mol. The van der Waals surface area contributed by atoms with Gasteiger partial charge in [-0.3, -0.25) is 4.57 Å². The van der Waals surface area contributed by atoms with Crippen LogP contribution in [-0.2, 0) is 9.09 Å². The van der Waals surface area contributed by atoms with Crippen molar-refractivity contribution in [3.8, 4) is 0 Å². The van der Waals surface area contributed by atoms with Crippen LogP contribution in [0.3, 0.4) is 0 Å². The van der Waals surface area contributed by atoms with Crippen molar-refractivity contribution in [2.24, 2.45) is 0 Å². The van der Waals surface area contributed by atoms with Crippen LogP contribution in [0.1, 0.15) is 30.4 Å². The molecule has 4 nitrogen and oxygen atoms in total. The summed E-state index contributed by atoms with van der Waals surface area (Å²) in [5.74, 6) is -2.10. The number of rotatable bonds is 5. The summed E-state index contributed by atoms with van der Waals surface area (Å²) in [6.07, 6.45) is 0.0730. The summed E-state index contributed by atoms with van der Waals surface area (Å²) in [7, 11) is -3.78. The van der Waals surface area contributed by atoms with Gasteiger partial charge in [0.2, 0.25) is 0 Å². The minimum Gasteiger partial charge on any atom is -0.306 e. The van der Waals surface area contributed by atoms with Gasteiger partial charge in [0, 0.05) is 27.7 Å².